The lowest BCUT2D eigenvalue weighted by molar-refractivity contribution is -0.136. The van der Waals surface area contributed by atoms with Crippen molar-refractivity contribution < 1.29 is 9.53 Å². The standard InChI is InChI=1S/C18H17N3O4/c1-2-8-21-15-14(16(22)20-18(21)24)12(10-6-4-3-5-7-10)13-11(19-15)9-25-17(13)23/h3-7,12,19H,2,8-9H2,1H3,(H,20,22,24). The molecule has 1 atom stereocenters. The summed E-state index contributed by atoms with van der Waals surface area (Å²) in [4.78, 5) is 39.6. The highest BCUT2D eigenvalue weighted by atomic mass is 16.5. The van der Waals surface area contributed by atoms with Gasteiger partial charge in [0.05, 0.1) is 22.8 Å². The smallest absolute Gasteiger partial charge is 0.337 e. The molecule has 7 heteroatoms. The topological polar surface area (TPSA) is 93.2 Å². The number of rotatable bonds is 3. The van der Waals surface area contributed by atoms with Crippen molar-refractivity contribution >= 4 is 11.8 Å². The summed E-state index contributed by atoms with van der Waals surface area (Å²) in [5.41, 5.74) is 1.28. The quantitative estimate of drug-likeness (QED) is 0.823. The van der Waals surface area contributed by atoms with Crippen LogP contribution in [-0.2, 0) is 16.1 Å². The van der Waals surface area contributed by atoms with Crippen molar-refractivity contribution in [3.05, 3.63) is 73.6 Å². The molecule has 0 radical (unpaired) electrons. The molecular formula is C18H17N3O4. The zero-order valence-corrected chi connectivity index (χ0v) is 13.7. The largest absolute Gasteiger partial charge is 0.456 e. The van der Waals surface area contributed by atoms with Gasteiger partial charge in [-0.05, 0) is 12.0 Å². The number of carbonyl (C=O) groups is 1. The van der Waals surface area contributed by atoms with E-state index in [1.807, 2.05) is 37.3 Å². The maximum Gasteiger partial charge on any atom is 0.337 e. The first-order valence-corrected chi connectivity index (χ1v) is 8.21. The van der Waals surface area contributed by atoms with Crippen molar-refractivity contribution in [3.8, 4) is 0 Å². The Morgan fingerprint density at radius 3 is 2.68 bits per heavy atom. The number of ether oxygens (including phenoxy) is 1. The predicted molar refractivity (Wildman–Crippen MR) is 91.5 cm³/mol. The summed E-state index contributed by atoms with van der Waals surface area (Å²) in [6.07, 6.45) is 0.734. The van der Waals surface area contributed by atoms with Crippen LogP contribution in [0.25, 0.3) is 0 Å². The van der Waals surface area contributed by atoms with E-state index < -0.39 is 23.1 Å². The third-order valence-electron chi connectivity index (χ3n) is 4.55. The van der Waals surface area contributed by atoms with E-state index in [9.17, 15) is 14.4 Å². The van der Waals surface area contributed by atoms with Crippen LogP contribution in [0, 0.1) is 0 Å². The first-order chi connectivity index (χ1) is 12.1. The fourth-order valence-electron chi connectivity index (χ4n) is 3.50. The molecule has 0 spiro atoms. The number of fused-ring (bicyclic) bond motifs is 1. The van der Waals surface area contributed by atoms with Crippen LogP contribution in [0.2, 0.25) is 0 Å². The highest BCUT2D eigenvalue weighted by Gasteiger charge is 2.41. The molecule has 128 valence electrons. The number of anilines is 1. The molecule has 0 bridgehead atoms. The number of aromatic amines is 1. The molecule has 25 heavy (non-hydrogen) atoms. The molecule has 1 unspecified atom stereocenters. The second-order valence-corrected chi connectivity index (χ2v) is 6.11. The Balaban J connectivity index is 2.04. The van der Waals surface area contributed by atoms with Crippen molar-refractivity contribution in [2.24, 2.45) is 0 Å². The number of H-pyrrole nitrogens is 1. The number of carbonyl (C=O) groups excluding carboxylic acids is 1. The average molecular weight is 339 g/mol. The first kappa shape index (κ1) is 15.4. The number of benzene rings is 1. The maximum absolute atomic E-state index is 12.6. The number of nitrogens with one attached hydrogen (secondary N) is 2. The van der Waals surface area contributed by atoms with Crippen molar-refractivity contribution in [1.29, 1.82) is 0 Å². The van der Waals surface area contributed by atoms with E-state index >= 15 is 0 Å². The second-order valence-electron chi connectivity index (χ2n) is 6.11. The fourth-order valence-corrected chi connectivity index (χ4v) is 3.50. The molecular weight excluding hydrogens is 322 g/mol. The molecule has 0 saturated heterocycles. The summed E-state index contributed by atoms with van der Waals surface area (Å²) in [6.45, 7) is 2.53. The lowest BCUT2D eigenvalue weighted by Crippen LogP contribution is -2.38. The van der Waals surface area contributed by atoms with Crippen molar-refractivity contribution in [1.82, 2.24) is 9.55 Å². The summed E-state index contributed by atoms with van der Waals surface area (Å²) in [7, 11) is 0. The minimum Gasteiger partial charge on any atom is -0.456 e. The first-order valence-electron chi connectivity index (χ1n) is 8.21. The lowest BCUT2D eigenvalue weighted by Gasteiger charge is -2.28. The molecule has 2 aliphatic rings. The van der Waals surface area contributed by atoms with Gasteiger partial charge in [-0.25, -0.2) is 9.59 Å². The summed E-state index contributed by atoms with van der Waals surface area (Å²) >= 11 is 0. The van der Waals surface area contributed by atoms with E-state index in [4.69, 9.17) is 4.74 Å². The Kier molecular flexibility index (Phi) is 3.56. The van der Waals surface area contributed by atoms with Crippen LogP contribution in [-0.4, -0.2) is 22.1 Å². The van der Waals surface area contributed by atoms with Crippen molar-refractivity contribution in [2.75, 3.05) is 11.9 Å². The SMILES string of the molecule is CCCn1c2c(c(=O)[nH]c1=O)C(c1ccccc1)C1=C(COC1=O)N2. The molecule has 2 N–H and O–H groups in total. The van der Waals surface area contributed by atoms with Gasteiger partial charge in [0.15, 0.2) is 0 Å². The normalized spacial score (nSPS) is 18.4. The van der Waals surface area contributed by atoms with E-state index in [0.29, 0.717) is 29.2 Å². The Hall–Kier alpha value is -3.09. The molecule has 4 rings (SSSR count). The second kappa shape index (κ2) is 5.77. The summed E-state index contributed by atoms with van der Waals surface area (Å²) in [5.74, 6) is -0.550. The van der Waals surface area contributed by atoms with Gasteiger partial charge in [0, 0.05) is 6.54 Å². The van der Waals surface area contributed by atoms with Crippen LogP contribution < -0.4 is 16.6 Å². The number of cyclic esters (lactones) is 1. The zero-order valence-electron chi connectivity index (χ0n) is 13.7. The third kappa shape index (κ3) is 2.31. The summed E-state index contributed by atoms with van der Waals surface area (Å²) in [6, 6.07) is 9.31. The van der Waals surface area contributed by atoms with E-state index in [1.165, 1.54) is 4.57 Å². The third-order valence-corrected chi connectivity index (χ3v) is 4.55. The Labute approximate surface area is 143 Å². The molecule has 1 aromatic heterocycles. The van der Waals surface area contributed by atoms with Crippen LogP contribution in [0.1, 0.15) is 30.4 Å². The van der Waals surface area contributed by atoms with Crippen molar-refractivity contribution in [3.63, 3.8) is 0 Å². The number of aromatic nitrogens is 2. The zero-order chi connectivity index (χ0) is 17.6. The van der Waals surface area contributed by atoms with Crippen LogP contribution in [0.5, 0.6) is 0 Å². The van der Waals surface area contributed by atoms with Gasteiger partial charge < -0.3 is 10.1 Å². The number of nitrogens with zero attached hydrogens (tertiary/aromatic N) is 1. The van der Waals surface area contributed by atoms with E-state index in [-0.39, 0.29) is 6.61 Å². The van der Waals surface area contributed by atoms with E-state index in [2.05, 4.69) is 10.3 Å². The number of hydrogen-bond donors (Lipinski definition) is 2. The molecule has 0 amide bonds. The predicted octanol–water partition coefficient (Wildman–Crippen LogP) is 1.31. The minimum atomic E-state index is -0.560. The fraction of sp³-hybridized carbons (Fsp3) is 0.278. The average Bonchev–Trinajstić information content (AvgIpc) is 2.98. The molecule has 1 aromatic carbocycles. The van der Waals surface area contributed by atoms with Gasteiger partial charge in [-0.15, -0.1) is 0 Å². The Morgan fingerprint density at radius 2 is 1.96 bits per heavy atom. The highest BCUT2D eigenvalue weighted by Crippen LogP contribution is 2.42. The van der Waals surface area contributed by atoms with Gasteiger partial charge in [-0.2, -0.15) is 0 Å². The number of esters is 1. The Bertz CT molecular complexity index is 1000. The lowest BCUT2D eigenvalue weighted by atomic mass is 9.83. The molecule has 0 saturated carbocycles. The molecule has 2 aromatic rings. The van der Waals surface area contributed by atoms with Gasteiger partial charge in [0.1, 0.15) is 12.4 Å². The van der Waals surface area contributed by atoms with Gasteiger partial charge in [-0.3, -0.25) is 14.3 Å². The number of hydrogen-bond acceptors (Lipinski definition) is 5. The van der Waals surface area contributed by atoms with E-state index in [1.54, 1.807) is 0 Å². The van der Waals surface area contributed by atoms with E-state index in [0.717, 1.165) is 12.0 Å². The van der Waals surface area contributed by atoms with Gasteiger partial charge in [0.2, 0.25) is 0 Å². The maximum atomic E-state index is 12.6. The summed E-state index contributed by atoms with van der Waals surface area (Å²) < 4.78 is 6.69. The van der Waals surface area contributed by atoms with Crippen molar-refractivity contribution in [2.45, 2.75) is 25.8 Å². The molecule has 0 fully saturated rings. The van der Waals surface area contributed by atoms with Crippen LogP contribution in [0.3, 0.4) is 0 Å². The van der Waals surface area contributed by atoms with Crippen LogP contribution >= 0.6 is 0 Å². The van der Waals surface area contributed by atoms with Gasteiger partial charge >= 0.3 is 11.7 Å². The van der Waals surface area contributed by atoms with Crippen LogP contribution in [0.4, 0.5) is 5.82 Å². The van der Waals surface area contributed by atoms with Gasteiger partial charge in [-0.1, -0.05) is 37.3 Å². The molecule has 3 heterocycles. The molecule has 2 aliphatic heterocycles. The molecule has 7 nitrogen and oxygen atoms in total. The van der Waals surface area contributed by atoms with Crippen LogP contribution in [0.15, 0.2) is 51.2 Å². The molecule has 0 aliphatic carbocycles. The monoisotopic (exact) mass is 339 g/mol. The Morgan fingerprint density at radius 1 is 1.20 bits per heavy atom. The van der Waals surface area contributed by atoms with Gasteiger partial charge in [0.25, 0.3) is 5.56 Å². The summed E-state index contributed by atoms with van der Waals surface area (Å²) in [5, 5.41) is 3.10. The minimum absolute atomic E-state index is 0.115. The highest BCUT2D eigenvalue weighted by molar-refractivity contribution is 5.96.